The minimum absolute atomic E-state index is 0.0232. The minimum Gasteiger partial charge on any atom is -0.466 e. The topological polar surface area (TPSA) is 150 Å². The number of anilines is 2. The second-order valence-electron chi connectivity index (χ2n) is 9.95. The van der Waals surface area contributed by atoms with E-state index >= 15 is 0 Å². The van der Waals surface area contributed by atoms with Crippen LogP contribution in [0.5, 0.6) is 5.75 Å². The lowest BCUT2D eigenvalue weighted by Gasteiger charge is -2.31. The molecule has 4 rings (SSSR count). The summed E-state index contributed by atoms with van der Waals surface area (Å²) >= 11 is 0. The Morgan fingerprint density at radius 1 is 1.10 bits per heavy atom. The number of imidazole rings is 1. The fourth-order valence-corrected chi connectivity index (χ4v) is 4.56. The molecule has 1 atom stereocenters. The average Bonchev–Trinajstić information content (AvgIpc) is 3.38. The number of nitrogens with zero attached hydrogens (tertiary/aromatic N) is 3. The van der Waals surface area contributed by atoms with E-state index in [1.54, 1.807) is 42.2 Å². The number of nitrogens with one attached hydrogen (secondary N) is 3. The van der Waals surface area contributed by atoms with Crippen molar-refractivity contribution in [2.75, 3.05) is 37.0 Å². The van der Waals surface area contributed by atoms with Crippen molar-refractivity contribution >= 4 is 40.3 Å². The number of nitrogen functional groups attached to an aromatic ring is 1. The zero-order chi connectivity index (χ0) is 30.1. The van der Waals surface area contributed by atoms with Crippen LogP contribution in [0.4, 0.5) is 16.2 Å². The highest BCUT2D eigenvalue weighted by molar-refractivity contribution is 5.95. The maximum atomic E-state index is 13.5. The van der Waals surface area contributed by atoms with Crippen molar-refractivity contribution in [1.29, 1.82) is 5.41 Å². The Bertz CT molecular complexity index is 1510. The number of hydrogen-bond donors (Lipinski definition) is 4. The Balaban J connectivity index is 1.42. The molecule has 11 heteroatoms. The molecule has 0 saturated heterocycles. The standard InChI is InChI=1S/C31H37N7O4/c1-4-41-29(39)16-17-37(3)20-21(2)38(24-8-6-5-7-9-24)31(40)42-25-14-15-26-27(18-25)36-28(35-26)19-34-23-12-10-22(11-13-23)30(32)33/h5-15,18,21,34H,4,16-17,19-20H2,1-3H3,(H3,32,33)(H,35,36). The Morgan fingerprint density at radius 3 is 2.52 bits per heavy atom. The van der Waals surface area contributed by atoms with Crippen LogP contribution >= 0.6 is 0 Å². The molecule has 42 heavy (non-hydrogen) atoms. The molecule has 3 aromatic carbocycles. The van der Waals surface area contributed by atoms with Crippen molar-refractivity contribution < 1.29 is 19.1 Å². The summed E-state index contributed by atoms with van der Waals surface area (Å²) in [5, 5.41) is 10.8. The van der Waals surface area contributed by atoms with Gasteiger partial charge in [0.15, 0.2) is 0 Å². The largest absolute Gasteiger partial charge is 0.466 e. The van der Waals surface area contributed by atoms with Gasteiger partial charge in [-0.25, -0.2) is 9.78 Å². The van der Waals surface area contributed by atoms with Gasteiger partial charge in [0.05, 0.1) is 36.6 Å². The SMILES string of the molecule is CCOC(=O)CCN(C)CC(C)N(C(=O)Oc1ccc2nc(CNc3ccc(C(=N)N)cc3)[nH]c2c1)c1ccccc1. The van der Waals surface area contributed by atoms with E-state index < -0.39 is 6.09 Å². The number of carbonyl (C=O) groups is 2. The van der Waals surface area contributed by atoms with Crippen LogP contribution in [0.1, 0.15) is 31.7 Å². The number of amidine groups is 1. The van der Waals surface area contributed by atoms with Crippen LogP contribution in [0.2, 0.25) is 0 Å². The number of H-pyrrole nitrogens is 1. The van der Waals surface area contributed by atoms with Crippen LogP contribution < -0.4 is 20.7 Å². The Hall–Kier alpha value is -4.90. The molecule has 1 unspecified atom stereocenters. The number of nitrogens with two attached hydrogens (primary N) is 1. The van der Waals surface area contributed by atoms with Crippen LogP contribution in [0.15, 0.2) is 72.8 Å². The van der Waals surface area contributed by atoms with E-state index in [2.05, 4.69) is 15.3 Å². The van der Waals surface area contributed by atoms with Crippen LogP contribution in [0.25, 0.3) is 11.0 Å². The number of para-hydroxylation sites is 1. The molecule has 0 aliphatic carbocycles. The van der Waals surface area contributed by atoms with E-state index in [-0.39, 0.29) is 24.3 Å². The van der Waals surface area contributed by atoms with Gasteiger partial charge in [-0.2, -0.15) is 0 Å². The van der Waals surface area contributed by atoms with Crippen molar-refractivity contribution in [3.8, 4) is 5.75 Å². The van der Waals surface area contributed by atoms with Crippen LogP contribution in [0.3, 0.4) is 0 Å². The molecule has 5 N–H and O–H groups in total. The van der Waals surface area contributed by atoms with Gasteiger partial charge >= 0.3 is 12.1 Å². The summed E-state index contributed by atoms with van der Waals surface area (Å²) in [7, 11) is 1.91. The summed E-state index contributed by atoms with van der Waals surface area (Å²) in [5.74, 6) is 0.886. The van der Waals surface area contributed by atoms with Gasteiger partial charge in [0.2, 0.25) is 0 Å². The molecule has 0 saturated carbocycles. The van der Waals surface area contributed by atoms with Gasteiger partial charge in [-0.3, -0.25) is 15.1 Å². The fourth-order valence-electron chi connectivity index (χ4n) is 4.56. The Labute approximate surface area is 245 Å². The number of benzene rings is 3. The smallest absolute Gasteiger partial charge is 0.420 e. The molecule has 1 amide bonds. The lowest BCUT2D eigenvalue weighted by molar-refractivity contribution is -0.143. The average molecular weight is 572 g/mol. The molecule has 1 heterocycles. The number of likely N-dealkylation sites (N-methyl/N-ethyl adjacent to an activating group) is 1. The summed E-state index contributed by atoms with van der Waals surface area (Å²) in [6, 6.07) is 21.7. The maximum absolute atomic E-state index is 13.5. The van der Waals surface area contributed by atoms with Crippen molar-refractivity contribution in [1.82, 2.24) is 14.9 Å². The Kier molecular flexibility index (Phi) is 10.1. The zero-order valence-corrected chi connectivity index (χ0v) is 24.1. The summed E-state index contributed by atoms with van der Waals surface area (Å²) in [6.07, 6.45) is -0.233. The third-order valence-electron chi connectivity index (χ3n) is 6.61. The van der Waals surface area contributed by atoms with Crippen molar-refractivity contribution in [3.63, 3.8) is 0 Å². The molecule has 0 radical (unpaired) electrons. The van der Waals surface area contributed by atoms with E-state index in [1.165, 1.54) is 0 Å². The van der Waals surface area contributed by atoms with Gasteiger partial charge in [0, 0.05) is 36.1 Å². The van der Waals surface area contributed by atoms with Crippen LogP contribution in [0, 0.1) is 5.41 Å². The van der Waals surface area contributed by atoms with Crippen molar-refractivity contribution in [2.24, 2.45) is 5.73 Å². The van der Waals surface area contributed by atoms with Crippen molar-refractivity contribution in [2.45, 2.75) is 32.9 Å². The van der Waals surface area contributed by atoms with E-state index in [9.17, 15) is 9.59 Å². The Morgan fingerprint density at radius 2 is 1.83 bits per heavy atom. The van der Waals surface area contributed by atoms with E-state index in [4.69, 9.17) is 20.6 Å². The third kappa shape index (κ3) is 8.07. The molecule has 0 bridgehead atoms. The first-order chi connectivity index (χ1) is 20.2. The first-order valence-electron chi connectivity index (χ1n) is 13.8. The van der Waals surface area contributed by atoms with Crippen LogP contribution in [-0.4, -0.2) is 65.6 Å². The number of aromatic amines is 1. The van der Waals surface area contributed by atoms with Gasteiger partial charge in [-0.15, -0.1) is 0 Å². The molecule has 0 fully saturated rings. The molecule has 0 aliphatic heterocycles. The first-order valence-corrected chi connectivity index (χ1v) is 13.8. The van der Waals surface area contributed by atoms with E-state index in [1.807, 2.05) is 61.3 Å². The summed E-state index contributed by atoms with van der Waals surface area (Å²) in [4.78, 5) is 36.8. The number of rotatable bonds is 13. The predicted octanol–water partition coefficient (Wildman–Crippen LogP) is 4.74. The van der Waals surface area contributed by atoms with Gasteiger partial charge in [-0.05, 0) is 69.4 Å². The molecule has 11 nitrogen and oxygen atoms in total. The number of hydrogen-bond acceptors (Lipinski definition) is 8. The second kappa shape index (κ2) is 14.1. The summed E-state index contributed by atoms with van der Waals surface area (Å²) < 4.78 is 10.9. The molecule has 1 aromatic heterocycles. The molecule has 0 spiro atoms. The minimum atomic E-state index is -0.512. The van der Waals surface area contributed by atoms with Gasteiger partial charge < -0.3 is 30.4 Å². The highest BCUT2D eigenvalue weighted by Crippen LogP contribution is 2.23. The highest BCUT2D eigenvalue weighted by Gasteiger charge is 2.25. The molecular formula is C31H37N7O4. The molecule has 0 aliphatic rings. The monoisotopic (exact) mass is 571 g/mol. The lowest BCUT2D eigenvalue weighted by atomic mass is 10.2. The first kappa shape index (κ1) is 30.1. The third-order valence-corrected chi connectivity index (χ3v) is 6.61. The predicted molar refractivity (Wildman–Crippen MR) is 164 cm³/mol. The number of ether oxygens (including phenoxy) is 2. The van der Waals surface area contributed by atoms with Crippen LogP contribution in [-0.2, 0) is 16.1 Å². The molecular weight excluding hydrogens is 534 g/mol. The highest BCUT2D eigenvalue weighted by atomic mass is 16.6. The normalized spacial score (nSPS) is 11.7. The second-order valence-corrected chi connectivity index (χ2v) is 9.95. The zero-order valence-electron chi connectivity index (χ0n) is 24.1. The van der Waals surface area contributed by atoms with Gasteiger partial charge in [-0.1, -0.05) is 18.2 Å². The lowest BCUT2D eigenvalue weighted by Crippen LogP contribution is -2.46. The summed E-state index contributed by atoms with van der Waals surface area (Å²) in [5.41, 5.74) is 9.25. The van der Waals surface area contributed by atoms with Gasteiger partial charge in [0.25, 0.3) is 0 Å². The van der Waals surface area contributed by atoms with E-state index in [0.717, 1.165) is 22.5 Å². The molecule has 4 aromatic rings. The number of fused-ring (bicyclic) bond motifs is 1. The van der Waals surface area contributed by atoms with Crippen molar-refractivity contribution in [3.05, 3.63) is 84.2 Å². The fraction of sp³-hybridized carbons (Fsp3) is 0.290. The number of amides is 1. The quantitative estimate of drug-likeness (QED) is 0.102. The van der Waals surface area contributed by atoms with Gasteiger partial charge in [0.1, 0.15) is 17.4 Å². The molecule has 220 valence electrons. The number of aromatic nitrogens is 2. The summed E-state index contributed by atoms with van der Waals surface area (Å²) in [6.45, 7) is 5.57. The number of carbonyl (C=O) groups excluding carboxylic acids is 2. The van der Waals surface area contributed by atoms with E-state index in [0.29, 0.717) is 43.2 Å². The maximum Gasteiger partial charge on any atom is 0.420 e. The number of esters is 1.